The molecule has 7 heteroatoms. The Kier molecular flexibility index (Phi) is 6.49. The predicted molar refractivity (Wildman–Crippen MR) is 116 cm³/mol. The van der Waals surface area contributed by atoms with Gasteiger partial charge >= 0.3 is 5.97 Å². The fourth-order valence-electron chi connectivity index (χ4n) is 4.32. The lowest BCUT2D eigenvalue weighted by Crippen LogP contribution is -2.46. The maximum atomic E-state index is 13.0. The Morgan fingerprint density at radius 3 is 2.19 bits per heavy atom. The number of rotatable bonds is 5. The average molecular weight is 428 g/mol. The van der Waals surface area contributed by atoms with Gasteiger partial charge < -0.3 is 10.1 Å². The van der Waals surface area contributed by atoms with Gasteiger partial charge in [-0.25, -0.2) is 0 Å². The molecule has 32 heavy (non-hydrogen) atoms. The van der Waals surface area contributed by atoms with Crippen LogP contribution in [-0.2, 0) is 20.9 Å². The fraction of sp³-hybridized carbons (Fsp3) is 0.360. The Morgan fingerprint density at radius 2 is 1.59 bits per heavy atom. The first-order chi connectivity index (χ1) is 15.6. The van der Waals surface area contributed by atoms with Crippen LogP contribution in [0.5, 0.6) is 0 Å². The molecule has 0 radical (unpaired) electrons. The molecule has 2 fully saturated rings. The Morgan fingerprint density at radius 1 is 1.00 bits per heavy atom. The zero-order chi connectivity index (χ0) is 22.5. The van der Waals surface area contributed by atoms with Crippen molar-refractivity contribution in [1.82, 2.24) is 10.2 Å². The van der Waals surface area contributed by atoms with Crippen LogP contribution in [0.25, 0.3) is 0 Å². The number of hydrogen-bond donors (Lipinski definition) is 1. The number of piperidine rings is 1. The number of nitrogens with one attached hydrogen (secondary N) is 1. The molecule has 2 aromatic carbocycles. The minimum Gasteiger partial charge on any atom is -0.457 e. The molecule has 0 bridgehead atoms. The maximum absolute atomic E-state index is 13.0. The quantitative estimate of drug-likeness (QED) is 0.734. The second-order valence-corrected chi connectivity index (χ2v) is 8.32. The maximum Gasteiger partial charge on any atom is 0.307 e. The molecule has 2 atom stereocenters. The van der Waals surface area contributed by atoms with Crippen molar-refractivity contribution >= 4 is 11.9 Å². The van der Waals surface area contributed by atoms with Gasteiger partial charge in [-0.2, -0.15) is 10.5 Å². The van der Waals surface area contributed by atoms with Crippen molar-refractivity contribution in [2.75, 3.05) is 13.1 Å². The lowest BCUT2D eigenvalue weighted by molar-refractivity contribution is -0.141. The number of hydrogen-bond acceptors (Lipinski definition) is 6. The highest BCUT2D eigenvalue weighted by atomic mass is 16.6. The summed E-state index contributed by atoms with van der Waals surface area (Å²) in [6.45, 7) is 2.55. The first-order valence-corrected chi connectivity index (χ1v) is 10.8. The summed E-state index contributed by atoms with van der Waals surface area (Å²) < 4.78 is 5.43. The number of carbonyl (C=O) groups excluding carboxylic acids is 2. The molecular weight excluding hydrogens is 404 g/mol. The fourth-order valence-corrected chi connectivity index (χ4v) is 4.32. The minimum absolute atomic E-state index is 0.0635. The summed E-state index contributed by atoms with van der Waals surface area (Å²) in [7, 11) is 0. The van der Waals surface area contributed by atoms with Crippen LogP contribution in [0, 0.1) is 28.6 Å². The topological polar surface area (TPSA) is 106 Å². The van der Waals surface area contributed by atoms with E-state index in [1.165, 1.54) is 5.56 Å². The summed E-state index contributed by atoms with van der Waals surface area (Å²) >= 11 is 0. The van der Waals surface area contributed by atoms with E-state index in [4.69, 9.17) is 15.3 Å². The van der Waals surface area contributed by atoms with Gasteiger partial charge in [0.2, 0.25) is 5.91 Å². The van der Waals surface area contributed by atoms with E-state index in [0.717, 1.165) is 38.0 Å². The number of esters is 1. The summed E-state index contributed by atoms with van der Waals surface area (Å²) in [4.78, 5) is 27.2. The van der Waals surface area contributed by atoms with Gasteiger partial charge in [0.05, 0.1) is 35.6 Å². The van der Waals surface area contributed by atoms with Gasteiger partial charge in [-0.3, -0.25) is 14.5 Å². The van der Waals surface area contributed by atoms with Crippen molar-refractivity contribution in [2.45, 2.75) is 38.0 Å². The van der Waals surface area contributed by atoms with Crippen molar-refractivity contribution in [3.63, 3.8) is 0 Å². The van der Waals surface area contributed by atoms with Crippen LogP contribution in [0.1, 0.15) is 47.6 Å². The third kappa shape index (κ3) is 4.96. The molecule has 2 heterocycles. The normalized spacial score (nSPS) is 21.4. The molecule has 2 saturated heterocycles. The Balaban J connectivity index is 1.31. The van der Waals surface area contributed by atoms with E-state index in [1.807, 2.05) is 24.3 Å². The van der Waals surface area contributed by atoms with Crippen LogP contribution in [0.15, 0.2) is 48.5 Å². The molecule has 162 valence electrons. The van der Waals surface area contributed by atoms with Crippen molar-refractivity contribution < 1.29 is 14.3 Å². The van der Waals surface area contributed by atoms with Crippen LogP contribution >= 0.6 is 0 Å². The summed E-state index contributed by atoms with van der Waals surface area (Å²) in [6.07, 6.45) is 1.12. The first-order valence-electron chi connectivity index (χ1n) is 10.8. The Hall–Kier alpha value is -3.68. The second kappa shape index (κ2) is 9.64. The molecule has 0 saturated carbocycles. The lowest BCUT2D eigenvalue weighted by atomic mass is 9.93. The van der Waals surface area contributed by atoms with E-state index in [9.17, 15) is 9.59 Å². The van der Waals surface area contributed by atoms with Gasteiger partial charge in [0.25, 0.3) is 0 Å². The molecule has 0 aromatic heterocycles. The molecule has 2 aromatic rings. The molecule has 2 aliphatic rings. The minimum atomic E-state index is -0.619. The van der Waals surface area contributed by atoms with Crippen LogP contribution in [0.4, 0.5) is 0 Å². The third-order valence-corrected chi connectivity index (χ3v) is 6.14. The zero-order valence-corrected chi connectivity index (χ0v) is 17.7. The standard InChI is InChI=1S/C25H24N4O3/c26-14-17-1-3-19(4-2-17)16-29-11-9-21(10-12-29)28-25(31)22-13-23(30)32-24(22)20-7-5-18(15-27)6-8-20/h1-8,21-22,24H,9-13,16H2,(H,28,31)/t22-,24+/m0/s1. The van der Waals surface area contributed by atoms with Crippen LogP contribution in [-0.4, -0.2) is 35.9 Å². The summed E-state index contributed by atoms with van der Waals surface area (Å²) in [5.41, 5.74) is 3.07. The number of amides is 1. The summed E-state index contributed by atoms with van der Waals surface area (Å²) in [5, 5.41) is 21.0. The molecule has 0 aliphatic carbocycles. The average Bonchev–Trinajstić information content (AvgIpc) is 3.23. The highest BCUT2D eigenvalue weighted by molar-refractivity contribution is 5.87. The van der Waals surface area contributed by atoms with Gasteiger partial charge in [-0.15, -0.1) is 0 Å². The van der Waals surface area contributed by atoms with Crippen molar-refractivity contribution in [1.29, 1.82) is 10.5 Å². The third-order valence-electron chi connectivity index (χ3n) is 6.14. The molecule has 1 N–H and O–H groups in total. The molecule has 2 aliphatic heterocycles. The number of benzene rings is 2. The summed E-state index contributed by atoms with van der Waals surface area (Å²) in [5.74, 6) is -1.10. The van der Waals surface area contributed by atoms with Gasteiger partial charge in [-0.1, -0.05) is 24.3 Å². The number of cyclic esters (lactones) is 1. The molecule has 0 unspecified atom stereocenters. The Labute approximate surface area is 187 Å². The first kappa shape index (κ1) is 21.5. The van der Waals surface area contributed by atoms with E-state index in [1.54, 1.807) is 24.3 Å². The number of likely N-dealkylation sites (tertiary alicyclic amines) is 1. The van der Waals surface area contributed by atoms with Crippen LogP contribution in [0.2, 0.25) is 0 Å². The molecule has 0 spiro atoms. The van der Waals surface area contributed by atoms with Crippen molar-refractivity contribution in [3.05, 3.63) is 70.8 Å². The van der Waals surface area contributed by atoms with Gasteiger partial charge in [-0.05, 0) is 48.2 Å². The predicted octanol–water partition coefficient (Wildman–Crippen LogP) is 2.81. The second-order valence-electron chi connectivity index (χ2n) is 8.32. The van der Waals surface area contributed by atoms with Crippen molar-refractivity contribution in [2.24, 2.45) is 5.92 Å². The van der Waals surface area contributed by atoms with E-state index in [0.29, 0.717) is 11.1 Å². The van der Waals surface area contributed by atoms with E-state index in [2.05, 4.69) is 22.4 Å². The monoisotopic (exact) mass is 428 g/mol. The van der Waals surface area contributed by atoms with Crippen LogP contribution in [0.3, 0.4) is 0 Å². The van der Waals surface area contributed by atoms with Gasteiger partial charge in [0.15, 0.2) is 0 Å². The van der Waals surface area contributed by atoms with E-state index in [-0.39, 0.29) is 24.3 Å². The smallest absolute Gasteiger partial charge is 0.307 e. The van der Waals surface area contributed by atoms with E-state index >= 15 is 0 Å². The Bertz CT molecular complexity index is 1060. The number of nitriles is 2. The number of carbonyl (C=O) groups is 2. The van der Waals surface area contributed by atoms with Gasteiger partial charge in [0, 0.05) is 25.7 Å². The summed E-state index contributed by atoms with van der Waals surface area (Å²) in [6, 6.07) is 18.7. The SMILES string of the molecule is N#Cc1ccc(CN2CCC(NC(=O)[C@H]3CC(=O)O[C@@H]3c3ccc(C#N)cc3)CC2)cc1. The largest absolute Gasteiger partial charge is 0.457 e. The molecule has 1 amide bonds. The molecule has 4 rings (SSSR count). The highest BCUT2D eigenvalue weighted by Crippen LogP contribution is 2.36. The number of ether oxygens (including phenoxy) is 1. The van der Waals surface area contributed by atoms with Gasteiger partial charge in [0.1, 0.15) is 6.10 Å². The number of nitrogens with zero attached hydrogens (tertiary/aromatic N) is 3. The van der Waals surface area contributed by atoms with E-state index < -0.39 is 12.0 Å². The lowest BCUT2D eigenvalue weighted by Gasteiger charge is -2.33. The molecule has 7 nitrogen and oxygen atoms in total. The van der Waals surface area contributed by atoms with Crippen molar-refractivity contribution in [3.8, 4) is 12.1 Å². The van der Waals surface area contributed by atoms with Crippen LogP contribution < -0.4 is 5.32 Å². The molecular formula is C25H24N4O3. The highest BCUT2D eigenvalue weighted by Gasteiger charge is 2.41. The zero-order valence-electron chi connectivity index (χ0n) is 17.7.